The quantitative estimate of drug-likeness (QED) is 0.437. The molecule has 1 saturated carbocycles. The summed E-state index contributed by atoms with van der Waals surface area (Å²) in [4.78, 5) is 28.6. The Bertz CT molecular complexity index is 1010. The summed E-state index contributed by atoms with van der Waals surface area (Å²) in [6, 6.07) is 3.75. The first-order valence-corrected chi connectivity index (χ1v) is 11.8. The Balaban J connectivity index is 1.71. The van der Waals surface area contributed by atoms with E-state index in [1.54, 1.807) is 12.1 Å². The number of carbonyl (C=O) groups is 1. The van der Waals surface area contributed by atoms with Crippen LogP contribution in [0.25, 0.3) is 10.9 Å². The minimum Gasteiger partial charge on any atom is -0.490 e. The molecule has 7 nitrogen and oxygen atoms in total. The van der Waals surface area contributed by atoms with Crippen LogP contribution in [0.5, 0.6) is 11.5 Å². The molecule has 2 N–H and O–H groups in total. The number of H-pyrrole nitrogens is 1. The number of aromatic nitrogens is 2. The Morgan fingerprint density at radius 3 is 2.42 bits per heavy atom. The van der Waals surface area contributed by atoms with Crippen LogP contribution in [0.1, 0.15) is 65.2 Å². The van der Waals surface area contributed by atoms with E-state index in [1.165, 1.54) is 30.3 Å². The van der Waals surface area contributed by atoms with E-state index in [9.17, 15) is 9.59 Å². The van der Waals surface area contributed by atoms with Crippen molar-refractivity contribution in [1.29, 1.82) is 0 Å². The van der Waals surface area contributed by atoms with Crippen molar-refractivity contribution in [2.75, 3.05) is 13.2 Å². The summed E-state index contributed by atoms with van der Waals surface area (Å²) in [7, 11) is 0. The fourth-order valence-electron chi connectivity index (χ4n) is 4.12. The van der Waals surface area contributed by atoms with Crippen molar-refractivity contribution in [3.63, 3.8) is 0 Å². The van der Waals surface area contributed by atoms with Crippen LogP contribution in [-0.4, -0.2) is 34.7 Å². The van der Waals surface area contributed by atoms with Gasteiger partial charge in [-0.15, -0.1) is 0 Å². The van der Waals surface area contributed by atoms with E-state index < -0.39 is 0 Å². The number of nitrogens with zero attached hydrogens (tertiary/aromatic N) is 1. The van der Waals surface area contributed by atoms with Crippen molar-refractivity contribution < 1.29 is 14.3 Å². The van der Waals surface area contributed by atoms with E-state index in [0.29, 0.717) is 59.8 Å². The molecule has 1 aromatic carbocycles. The Morgan fingerprint density at radius 2 is 1.77 bits per heavy atom. The second-order valence-electron chi connectivity index (χ2n) is 7.96. The highest BCUT2D eigenvalue weighted by Crippen LogP contribution is 2.30. The number of fused-ring (bicyclic) bond motifs is 1. The fraction of sp³-hybridized carbons (Fsp3) is 0.609. The van der Waals surface area contributed by atoms with Crippen LogP contribution in [-0.2, 0) is 11.3 Å². The number of benzene rings is 1. The van der Waals surface area contributed by atoms with Gasteiger partial charge in [-0.3, -0.25) is 14.2 Å². The van der Waals surface area contributed by atoms with Gasteiger partial charge >= 0.3 is 0 Å². The number of aromatic amines is 1. The standard InChI is InChI=1S/C23H33N3O4S/c1-3-29-19-14-17-18(15-20(19)30-4-2)25-23(31)26(22(17)28)13-9-12-21(27)24-16-10-7-5-6-8-11-16/h14-16H,3-13H2,1-2H3,(H,24,27)(H,25,31). The average molecular weight is 448 g/mol. The molecule has 1 aromatic heterocycles. The molecule has 1 heterocycles. The summed E-state index contributed by atoms with van der Waals surface area (Å²) in [6.45, 7) is 5.13. The second kappa shape index (κ2) is 11.3. The van der Waals surface area contributed by atoms with Gasteiger partial charge in [0.1, 0.15) is 0 Å². The molecule has 31 heavy (non-hydrogen) atoms. The zero-order valence-corrected chi connectivity index (χ0v) is 19.3. The summed E-state index contributed by atoms with van der Waals surface area (Å²) in [5, 5.41) is 3.64. The maximum absolute atomic E-state index is 13.1. The van der Waals surface area contributed by atoms with E-state index in [1.807, 2.05) is 13.8 Å². The zero-order chi connectivity index (χ0) is 22.2. The van der Waals surface area contributed by atoms with Gasteiger partial charge in [-0.2, -0.15) is 0 Å². The van der Waals surface area contributed by atoms with Gasteiger partial charge in [-0.05, 0) is 51.4 Å². The van der Waals surface area contributed by atoms with Crippen molar-refractivity contribution >= 4 is 29.0 Å². The fourth-order valence-corrected chi connectivity index (χ4v) is 4.41. The molecule has 0 saturated heterocycles. The van der Waals surface area contributed by atoms with Gasteiger partial charge in [0, 0.05) is 25.1 Å². The lowest BCUT2D eigenvalue weighted by molar-refractivity contribution is -0.122. The van der Waals surface area contributed by atoms with Gasteiger partial charge in [0.25, 0.3) is 5.56 Å². The number of hydrogen-bond acceptors (Lipinski definition) is 5. The highest BCUT2D eigenvalue weighted by molar-refractivity contribution is 7.71. The first-order valence-electron chi connectivity index (χ1n) is 11.4. The third-order valence-electron chi connectivity index (χ3n) is 5.65. The highest BCUT2D eigenvalue weighted by atomic mass is 32.1. The monoisotopic (exact) mass is 447 g/mol. The molecule has 1 aliphatic carbocycles. The molecule has 1 amide bonds. The topological polar surface area (TPSA) is 85.4 Å². The minimum atomic E-state index is -0.188. The summed E-state index contributed by atoms with van der Waals surface area (Å²) in [5.41, 5.74) is 0.427. The molecule has 1 fully saturated rings. The van der Waals surface area contributed by atoms with Crippen LogP contribution in [0.4, 0.5) is 0 Å². The maximum Gasteiger partial charge on any atom is 0.262 e. The minimum absolute atomic E-state index is 0.0515. The molecule has 1 aliphatic rings. The molecule has 0 unspecified atom stereocenters. The van der Waals surface area contributed by atoms with Crippen LogP contribution in [0.15, 0.2) is 16.9 Å². The Kier molecular flexibility index (Phi) is 8.51. The van der Waals surface area contributed by atoms with E-state index in [2.05, 4.69) is 10.3 Å². The number of hydrogen-bond donors (Lipinski definition) is 2. The first-order chi connectivity index (χ1) is 15.0. The third kappa shape index (κ3) is 6.09. The molecule has 0 aliphatic heterocycles. The van der Waals surface area contributed by atoms with E-state index in [4.69, 9.17) is 21.7 Å². The molecule has 2 aromatic rings. The molecule has 0 atom stereocenters. The number of rotatable bonds is 9. The van der Waals surface area contributed by atoms with E-state index in [0.717, 1.165) is 12.8 Å². The van der Waals surface area contributed by atoms with E-state index in [-0.39, 0.29) is 17.5 Å². The van der Waals surface area contributed by atoms with Crippen LogP contribution < -0.4 is 20.3 Å². The summed E-state index contributed by atoms with van der Waals surface area (Å²) < 4.78 is 13.1. The van der Waals surface area contributed by atoms with Gasteiger partial charge in [-0.25, -0.2) is 0 Å². The highest BCUT2D eigenvalue weighted by Gasteiger charge is 2.15. The Hall–Kier alpha value is -2.35. The maximum atomic E-state index is 13.1. The van der Waals surface area contributed by atoms with Gasteiger partial charge in [0.05, 0.1) is 24.1 Å². The van der Waals surface area contributed by atoms with Crippen molar-refractivity contribution in [3.05, 3.63) is 27.3 Å². The van der Waals surface area contributed by atoms with Gasteiger partial charge < -0.3 is 19.8 Å². The zero-order valence-electron chi connectivity index (χ0n) is 18.5. The molecule has 0 bridgehead atoms. The van der Waals surface area contributed by atoms with Crippen molar-refractivity contribution in [3.8, 4) is 11.5 Å². The smallest absolute Gasteiger partial charge is 0.262 e. The van der Waals surface area contributed by atoms with Crippen molar-refractivity contribution in [2.45, 2.75) is 77.8 Å². The molecule has 0 spiro atoms. The van der Waals surface area contributed by atoms with Gasteiger partial charge in [0.15, 0.2) is 16.3 Å². The largest absolute Gasteiger partial charge is 0.490 e. The lowest BCUT2D eigenvalue weighted by atomic mass is 10.1. The lowest BCUT2D eigenvalue weighted by Crippen LogP contribution is -2.34. The SMILES string of the molecule is CCOc1cc2[nH]c(=S)n(CCCC(=O)NC3CCCCCC3)c(=O)c2cc1OCC. The van der Waals surface area contributed by atoms with Crippen molar-refractivity contribution in [2.24, 2.45) is 0 Å². The predicted molar refractivity (Wildman–Crippen MR) is 125 cm³/mol. The number of nitrogens with one attached hydrogen (secondary N) is 2. The molecular formula is C23H33N3O4S. The van der Waals surface area contributed by atoms with Gasteiger partial charge in [0.2, 0.25) is 5.91 Å². The average Bonchev–Trinajstić information content (AvgIpc) is 3.00. The second-order valence-corrected chi connectivity index (χ2v) is 8.34. The first kappa shape index (κ1) is 23.3. The normalized spacial score (nSPS) is 14.9. The van der Waals surface area contributed by atoms with Crippen LogP contribution in [0.2, 0.25) is 0 Å². The molecule has 0 radical (unpaired) electrons. The summed E-state index contributed by atoms with van der Waals surface area (Å²) in [5.74, 6) is 1.17. The summed E-state index contributed by atoms with van der Waals surface area (Å²) >= 11 is 5.42. The molecule has 8 heteroatoms. The molecule has 170 valence electrons. The predicted octanol–water partition coefficient (Wildman–Crippen LogP) is 4.48. The Labute approximate surface area is 188 Å². The summed E-state index contributed by atoms with van der Waals surface area (Å²) in [6.07, 6.45) is 7.93. The molecule has 3 rings (SSSR count). The Morgan fingerprint density at radius 1 is 1.13 bits per heavy atom. The van der Waals surface area contributed by atoms with Crippen LogP contribution >= 0.6 is 12.2 Å². The number of amides is 1. The number of carbonyl (C=O) groups excluding carboxylic acids is 1. The third-order valence-corrected chi connectivity index (χ3v) is 5.97. The van der Waals surface area contributed by atoms with Crippen LogP contribution in [0.3, 0.4) is 0 Å². The van der Waals surface area contributed by atoms with Crippen LogP contribution in [0, 0.1) is 4.77 Å². The van der Waals surface area contributed by atoms with Gasteiger partial charge in [-0.1, -0.05) is 25.7 Å². The molecular weight excluding hydrogens is 414 g/mol. The van der Waals surface area contributed by atoms with E-state index >= 15 is 0 Å². The lowest BCUT2D eigenvalue weighted by Gasteiger charge is -2.16. The van der Waals surface area contributed by atoms with Crippen molar-refractivity contribution in [1.82, 2.24) is 14.9 Å². The number of ether oxygens (including phenoxy) is 2.